The summed E-state index contributed by atoms with van der Waals surface area (Å²) >= 11 is 0. The van der Waals surface area contributed by atoms with Crippen LogP contribution in [0.3, 0.4) is 0 Å². The molecular weight excluding hydrogens is 381 g/mol. The Kier molecular flexibility index (Phi) is 6.14. The summed E-state index contributed by atoms with van der Waals surface area (Å²) in [6.07, 6.45) is 1.67. The van der Waals surface area contributed by atoms with E-state index in [1.54, 1.807) is 6.26 Å². The maximum absolute atomic E-state index is 13.2. The van der Waals surface area contributed by atoms with Crippen LogP contribution in [0.2, 0.25) is 0 Å². The number of benzene rings is 2. The Bertz CT molecular complexity index is 947. The minimum Gasteiger partial charge on any atom is -0.468 e. The maximum Gasteiger partial charge on any atom is 0.251 e. The van der Waals surface area contributed by atoms with Crippen molar-refractivity contribution in [1.29, 1.82) is 0 Å². The minimum absolute atomic E-state index is 0.0373. The smallest absolute Gasteiger partial charge is 0.251 e. The molecule has 0 radical (unpaired) electrons. The second-order valence-corrected chi connectivity index (χ2v) is 7.61. The monoisotopic (exact) mass is 407 g/mol. The average Bonchev–Trinajstić information content (AvgIpc) is 3.30. The van der Waals surface area contributed by atoms with E-state index < -0.39 is 0 Å². The molecular formula is C24H26FN3O2. The summed E-state index contributed by atoms with van der Waals surface area (Å²) in [6, 6.07) is 18.0. The average molecular weight is 407 g/mol. The van der Waals surface area contributed by atoms with Gasteiger partial charge >= 0.3 is 0 Å². The normalized spacial score (nSPS) is 15.7. The Morgan fingerprint density at radius 3 is 2.37 bits per heavy atom. The van der Waals surface area contributed by atoms with Gasteiger partial charge in [0, 0.05) is 44.0 Å². The zero-order valence-electron chi connectivity index (χ0n) is 17.1. The second-order valence-electron chi connectivity index (χ2n) is 7.61. The first kappa shape index (κ1) is 20.2. The Hall–Kier alpha value is -3.12. The van der Waals surface area contributed by atoms with Gasteiger partial charge in [0.15, 0.2) is 0 Å². The molecule has 30 heavy (non-hydrogen) atoms. The van der Waals surface area contributed by atoms with Gasteiger partial charge in [-0.1, -0.05) is 17.7 Å². The SMILES string of the molecule is Cc1ccc(C(=O)NC[C@@H](c2ccco2)N2CCN(c3ccc(F)cc3)CC2)cc1. The van der Waals surface area contributed by atoms with E-state index in [9.17, 15) is 9.18 Å². The highest BCUT2D eigenvalue weighted by Gasteiger charge is 2.27. The predicted octanol–water partition coefficient (Wildman–Crippen LogP) is 4.02. The number of aryl methyl sites for hydroxylation is 1. The first-order chi connectivity index (χ1) is 14.6. The van der Waals surface area contributed by atoms with Gasteiger partial charge in [-0.3, -0.25) is 9.69 Å². The van der Waals surface area contributed by atoms with E-state index in [0.29, 0.717) is 12.1 Å². The van der Waals surface area contributed by atoms with Crippen LogP contribution in [0.15, 0.2) is 71.3 Å². The van der Waals surface area contributed by atoms with Crippen LogP contribution in [0, 0.1) is 12.7 Å². The van der Waals surface area contributed by atoms with Crippen molar-refractivity contribution in [3.05, 3.63) is 89.6 Å². The van der Waals surface area contributed by atoms with Crippen LogP contribution in [0.4, 0.5) is 10.1 Å². The van der Waals surface area contributed by atoms with Crippen molar-refractivity contribution in [2.75, 3.05) is 37.6 Å². The van der Waals surface area contributed by atoms with E-state index in [0.717, 1.165) is 43.2 Å². The van der Waals surface area contributed by atoms with Crippen molar-refractivity contribution in [3.63, 3.8) is 0 Å². The molecule has 1 aliphatic heterocycles. The Morgan fingerprint density at radius 2 is 1.73 bits per heavy atom. The minimum atomic E-state index is -0.223. The summed E-state index contributed by atoms with van der Waals surface area (Å²) in [5, 5.41) is 3.06. The van der Waals surface area contributed by atoms with E-state index in [1.165, 1.54) is 12.1 Å². The zero-order chi connectivity index (χ0) is 20.9. The quantitative estimate of drug-likeness (QED) is 0.671. The van der Waals surface area contributed by atoms with Crippen molar-refractivity contribution >= 4 is 11.6 Å². The molecule has 0 spiro atoms. The van der Waals surface area contributed by atoms with Gasteiger partial charge in [0.2, 0.25) is 0 Å². The van der Waals surface area contributed by atoms with Crippen molar-refractivity contribution in [2.45, 2.75) is 13.0 Å². The topological polar surface area (TPSA) is 48.7 Å². The van der Waals surface area contributed by atoms with E-state index in [1.807, 2.05) is 55.5 Å². The number of carbonyl (C=O) groups is 1. The van der Waals surface area contributed by atoms with Crippen molar-refractivity contribution in [1.82, 2.24) is 10.2 Å². The molecule has 0 saturated carbocycles. The summed E-state index contributed by atoms with van der Waals surface area (Å²) in [4.78, 5) is 17.2. The molecule has 0 aliphatic carbocycles. The fourth-order valence-electron chi connectivity index (χ4n) is 3.83. The lowest BCUT2D eigenvalue weighted by molar-refractivity contribution is 0.0923. The molecule has 2 aromatic carbocycles. The number of halogens is 1. The molecule has 1 aliphatic rings. The lowest BCUT2D eigenvalue weighted by atomic mass is 10.1. The number of furan rings is 1. The molecule has 5 nitrogen and oxygen atoms in total. The van der Waals surface area contributed by atoms with Crippen LogP contribution in [-0.4, -0.2) is 43.5 Å². The van der Waals surface area contributed by atoms with Crippen LogP contribution >= 0.6 is 0 Å². The van der Waals surface area contributed by atoms with Gasteiger partial charge in [0.25, 0.3) is 5.91 Å². The van der Waals surface area contributed by atoms with Gasteiger partial charge in [-0.2, -0.15) is 0 Å². The summed E-state index contributed by atoms with van der Waals surface area (Å²) in [6.45, 7) is 5.77. The summed E-state index contributed by atoms with van der Waals surface area (Å²) < 4.78 is 18.9. The molecule has 3 aromatic rings. The fourth-order valence-corrected chi connectivity index (χ4v) is 3.83. The van der Waals surface area contributed by atoms with Gasteiger partial charge in [-0.05, 0) is 55.5 Å². The second kappa shape index (κ2) is 9.13. The lowest BCUT2D eigenvalue weighted by Crippen LogP contribution is -2.49. The molecule has 1 aromatic heterocycles. The molecule has 0 bridgehead atoms. The van der Waals surface area contributed by atoms with E-state index >= 15 is 0 Å². The van der Waals surface area contributed by atoms with Gasteiger partial charge in [0.05, 0.1) is 12.3 Å². The number of hydrogen-bond donors (Lipinski definition) is 1. The summed E-state index contributed by atoms with van der Waals surface area (Å²) in [5.41, 5.74) is 2.80. The van der Waals surface area contributed by atoms with Crippen molar-refractivity contribution in [3.8, 4) is 0 Å². The Balaban J connectivity index is 1.40. The highest BCUT2D eigenvalue weighted by atomic mass is 19.1. The summed E-state index contributed by atoms with van der Waals surface area (Å²) in [5.74, 6) is 0.533. The molecule has 1 atom stereocenters. The zero-order valence-corrected chi connectivity index (χ0v) is 17.1. The number of anilines is 1. The van der Waals surface area contributed by atoms with Crippen LogP contribution in [-0.2, 0) is 0 Å². The third kappa shape index (κ3) is 4.71. The Labute approximate surface area is 176 Å². The molecule has 2 heterocycles. The van der Waals surface area contributed by atoms with Crippen LogP contribution < -0.4 is 10.2 Å². The van der Waals surface area contributed by atoms with Crippen LogP contribution in [0.1, 0.15) is 27.7 Å². The number of rotatable bonds is 6. The largest absolute Gasteiger partial charge is 0.468 e. The third-order valence-corrected chi connectivity index (χ3v) is 5.59. The van der Waals surface area contributed by atoms with Gasteiger partial charge in [-0.15, -0.1) is 0 Å². The van der Waals surface area contributed by atoms with E-state index in [4.69, 9.17) is 4.42 Å². The number of hydrogen-bond acceptors (Lipinski definition) is 4. The molecule has 156 valence electrons. The van der Waals surface area contributed by atoms with Gasteiger partial charge < -0.3 is 14.6 Å². The van der Waals surface area contributed by atoms with Gasteiger partial charge in [0.1, 0.15) is 11.6 Å². The summed E-state index contributed by atoms with van der Waals surface area (Å²) in [7, 11) is 0. The number of carbonyl (C=O) groups excluding carboxylic acids is 1. The van der Waals surface area contributed by atoms with Gasteiger partial charge in [-0.25, -0.2) is 4.39 Å². The van der Waals surface area contributed by atoms with Crippen molar-refractivity contribution < 1.29 is 13.6 Å². The maximum atomic E-state index is 13.2. The molecule has 4 rings (SSSR count). The molecule has 1 amide bonds. The Morgan fingerprint density at radius 1 is 1.03 bits per heavy atom. The molecule has 0 unspecified atom stereocenters. The number of piperazine rings is 1. The lowest BCUT2D eigenvalue weighted by Gasteiger charge is -2.39. The fraction of sp³-hybridized carbons (Fsp3) is 0.292. The van der Waals surface area contributed by atoms with E-state index in [-0.39, 0.29) is 17.8 Å². The number of amides is 1. The number of nitrogens with one attached hydrogen (secondary N) is 1. The highest BCUT2D eigenvalue weighted by Crippen LogP contribution is 2.24. The first-order valence-corrected chi connectivity index (χ1v) is 10.2. The van der Waals surface area contributed by atoms with Crippen LogP contribution in [0.5, 0.6) is 0 Å². The molecule has 1 N–H and O–H groups in total. The predicted molar refractivity (Wildman–Crippen MR) is 115 cm³/mol. The third-order valence-electron chi connectivity index (χ3n) is 5.59. The van der Waals surface area contributed by atoms with Crippen LogP contribution in [0.25, 0.3) is 0 Å². The highest BCUT2D eigenvalue weighted by molar-refractivity contribution is 5.94. The molecule has 6 heteroatoms. The molecule has 1 saturated heterocycles. The standard InChI is InChI=1S/C24H26FN3O2/c1-18-4-6-19(7-5-18)24(29)26-17-22(23-3-2-16-30-23)28-14-12-27(13-15-28)21-10-8-20(25)9-11-21/h2-11,16,22H,12-15,17H2,1H3,(H,26,29)/t22-/m0/s1. The number of nitrogens with zero attached hydrogens (tertiary/aromatic N) is 2. The molecule has 1 fully saturated rings. The van der Waals surface area contributed by atoms with Crippen molar-refractivity contribution in [2.24, 2.45) is 0 Å². The first-order valence-electron chi connectivity index (χ1n) is 10.2. The van der Waals surface area contributed by atoms with E-state index in [2.05, 4.69) is 15.1 Å².